The van der Waals surface area contributed by atoms with Crippen molar-refractivity contribution in [2.24, 2.45) is 0 Å². The van der Waals surface area contributed by atoms with Gasteiger partial charge in [-0.05, 0) is 24.3 Å². The highest BCUT2D eigenvalue weighted by Gasteiger charge is 2.24. The fraction of sp³-hybridized carbons (Fsp3) is 0.188. The second-order valence-electron chi connectivity index (χ2n) is 4.88. The average Bonchev–Trinajstić information content (AvgIpc) is 2.48. The number of para-hydroxylation sites is 3. The first-order valence-electron chi connectivity index (χ1n) is 6.58. The Morgan fingerprint density at radius 1 is 0.950 bits per heavy atom. The summed E-state index contributed by atoms with van der Waals surface area (Å²) < 4.78 is 0. The lowest BCUT2D eigenvalue weighted by Crippen LogP contribution is -2.37. The van der Waals surface area contributed by atoms with Crippen molar-refractivity contribution < 1.29 is 9.90 Å². The van der Waals surface area contributed by atoms with E-state index in [4.69, 9.17) is 0 Å². The molecule has 0 fully saturated rings. The number of hydrogen-bond acceptors (Lipinski definition) is 3. The molecule has 4 heteroatoms. The molecule has 0 spiro atoms. The quantitative estimate of drug-likeness (QED) is 0.909. The minimum atomic E-state index is -0.892. The number of anilines is 3. The van der Waals surface area contributed by atoms with Crippen molar-refractivity contribution in [3.8, 4) is 0 Å². The van der Waals surface area contributed by atoms with Crippen molar-refractivity contribution in [1.29, 1.82) is 0 Å². The summed E-state index contributed by atoms with van der Waals surface area (Å²) in [7, 11) is 2.05. The van der Waals surface area contributed by atoms with Crippen LogP contribution in [0, 0.1) is 0 Å². The maximum Gasteiger partial charge on any atom is 0.337 e. The first-order chi connectivity index (χ1) is 9.68. The SMILES string of the molecule is CN1CCN(c2ccccc2C(=O)O)c2ccccc21. The second-order valence-corrected chi connectivity index (χ2v) is 4.88. The predicted octanol–water partition coefficient (Wildman–Crippen LogP) is 2.97. The number of carboxylic acids is 1. The van der Waals surface area contributed by atoms with E-state index < -0.39 is 5.97 Å². The van der Waals surface area contributed by atoms with Crippen LogP contribution in [0.2, 0.25) is 0 Å². The zero-order chi connectivity index (χ0) is 14.1. The molecule has 2 aromatic rings. The number of hydrogen-bond donors (Lipinski definition) is 1. The van der Waals surface area contributed by atoms with Gasteiger partial charge in [0.05, 0.1) is 22.6 Å². The topological polar surface area (TPSA) is 43.8 Å². The van der Waals surface area contributed by atoms with Crippen LogP contribution in [0.25, 0.3) is 0 Å². The summed E-state index contributed by atoms with van der Waals surface area (Å²) >= 11 is 0. The largest absolute Gasteiger partial charge is 0.478 e. The molecule has 0 bridgehead atoms. The van der Waals surface area contributed by atoms with Crippen LogP contribution in [0.5, 0.6) is 0 Å². The number of nitrogens with zero attached hydrogens (tertiary/aromatic N) is 2. The Kier molecular flexibility index (Phi) is 3.06. The van der Waals surface area contributed by atoms with Gasteiger partial charge in [0.1, 0.15) is 0 Å². The van der Waals surface area contributed by atoms with Crippen molar-refractivity contribution in [2.45, 2.75) is 0 Å². The van der Waals surface area contributed by atoms with E-state index in [1.54, 1.807) is 12.1 Å². The van der Waals surface area contributed by atoms with Crippen LogP contribution in [0.3, 0.4) is 0 Å². The Balaban J connectivity index is 2.13. The maximum atomic E-state index is 11.4. The molecular formula is C16H16N2O2. The number of aromatic carboxylic acids is 1. The molecule has 2 aromatic carbocycles. The highest BCUT2D eigenvalue weighted by Crippen LogP contribution is 2.37. The molecule has 0 amide bonds. The summed E-state index contributed by atoms with van der Waals surface area (Å²) in [5.41, 5.74) is 3.27. The molecule has 0 radical (unpaired) electrons. The summed E-state index contributed by atoms with van der Waals surface area (Å²) in [5.74, 6) is -0.892. The maximum absolute atomic E-state index is 11.4. The van der Waals surface area contributed by atoms with Gasteiger partial charge >= 0.3 is 5.97 Å². The van der Waals surface area contributed by atoms with E-state index in [0.29, 0.717) is 5.56 Å². The van der Waals surface area contributed by atoms with Gasteiger partial charge in [0, 0.05) is 20.1 Å². The van der Waals surface area contributed by atoms with Gasteiger partial charge in [-0.15, -0.1) is 0 Å². The molecule has 0 atom stereocenters. The number of carbonyl (C=O) groups is 1. The van der Waals surface area contributed by atoms with Gasteiger partial charge in [-0.3, -0.25) is 0 Å². The molecule has 0 saturated heterocycles. The predicted molar refractivity (Wildman–Crippen MR) is 80.1 cm³/mol. The van der Waals surface area contributed by atoms with Crippen molar-refractivity contribution in [1.82, 2.24) is 0 Å². The van der Waals surface area contributed by atoms with Crippen LogP contribution in [0.4, 0.5) is 17.1 Å². The highest BCUT2D eigenvalue weighted by atomic mass is 16.4. The highest BCUT2D eigenvalue weighted by molar-refractivity contribution is 5.96. The van der Waals surface area contributed by atoms with Crippen molar-refractivity contribution >= 4 is 23.0 Å². The third kappa shape index (κ3) is 1.99. The summed E-state index contributed by atoms with van der Waals surface area (Å²) in [6.07, 6.45) is 0. The van der Waals surface area contributed by atoms with E-state index in [-0.39, 0.29) is 0 Å². The van der Waals surface area contributed by atoms with Crippen LogP contribution < -0.4 is 9.80 Å². The molecule has 0 aliphatic carbocycles. The summed E-state index contributed by atoms with van der Waals surface area (Å²) in [5, 5.41) is 9.36. The number of likely N-dealkylation sites (N-methyl/N-ethyl adjacent to an activating group) is 1. The molecule has 1 aliphatic heterocycles. The molecule has 20 heavy (non-hydrogen) atoms. The Bertz CT molecular complexity index is 654. The fourth-order valence-electron chi connectivity index (χ4n) is 2.65. The molecule has 1 aliphatic rings. The Morgan fingerprint density at radius 2 is 1.55 bits per heavy atom. The van der Waals surface area contributed by atoms with E-state index >= 15 is 0 Å². The number of benzene rings is 2. The third-order valence-corrected chi connectivity index (χ3v) is 3.67. The minimum absolute atomic E-state index is 0.340. The monoisotopic (exact) mass is 268 g/mol. The molecule has 102 valence electrons. The molecule has 0 unspecified atom stereocenters. The van der Waals surface area contributed by atoms with E-state index in [1.165, 1.54) is 0 Å². The zero-order valence-corrected chi connectivity index (χ0v) is 11.3. The summed E-state index contributed by atoms with van der Waals surface area (Å²) in [4.78, 5) is 15.7. The van der Waals surface area contributed by atoms with E-state index in [0.717, 1.165) is 30.2 Å². The number of rotatable bonds is 2. The van der Waals surface area contributed by atoms with Crippen molar-refractivity contribution in [2.75, 3.05) is 29.9 Å². The van der Waals surface area contributed by atoms with E-state index in [9.17, 15) is 9.90 Å². The smallest absolute Gasteiger partial charge is 0.337 e. The molecule has 1 heterocycles. The van der Waals surface area contributed by atoms with Gasteiger partial charge in [0.2, 0.25) is 0 Å². The van der Waals surface area contributed by atoms with Gasteiger partial charge in [-0.1, -0.05) is 24.3 Å². The molecule has 0 aromatic heterocycles. The molecule has 4 nitrogen and oxygen atoms in total. The average molecular weight is 268 g/mol. The van der Waals surface area contributed by atoms with Crippen molar-refractivity contribution in [3.05, 3.63) is 54.1 Å². The van der Waals surface area contributed by atoms with Gasteiger partial charge < -0.3 is 14.9 Å². The molecule has 3 rings (SSSR count). The summed E-state index contributed by atoms with van der Waals surface area (Å²) in [6.45, 7) is 1.64. The lowest BCUT2D eigenvalue weighted by atomic mass is 10.1. The fourth-order valence-corrected chi connectivity index (χ4v) is 2.65. The first kappa shape index (κ1) is 12.5. The van der Waals surface area contributed by atoms with Crippen LogP contribution in [-0.4, -0.2) is 31.2 Å². The number of fused-ring (bicyclic) bond motifs is 1. The third-order valence-electron chi connectivity index (χ3n) is 3.67. The number of carboxylic acid groups (broad SMARTS) is 1. The van der Waals surface area contributed by atoms with E-state index in [1.807, 2.05) is 30.3 Å². The van der Waals surface area contributed by atoms with Crippen LogP contribution >= 0.6 is 0 Å². The molecule has 1 N–H and O–H groups in total. The first-order valence-corrected chi connectivity index (χ1v) is 6.58. The van der Waals surface area contributed by atoms with Crippen LogP contribution in [0.15, 0.2) is 48.5 Å². The molecular weight excluding hydrogens is 252 g/mol. The Morgan fingerprint density at radius 3 is 2.25 bits per heavy atom. The van der Waals surface area contributed by atoms with Gasteiger partial charge in [-0.25, -0.2) is 4.79 Å². The van der Waals surface area contributed by atoms with Gasteiger partial charge in [0.25, 0.3) is 0 Å². The standard InChI is InChI=1S/C16H16N2O2/c1-17-10-11-18(15-9-5-4-8-14(15)17)13-7-3-2-6-12(13)16(19)20/h2-9H,10-11H2,1H3,(H,19,20). The normalized spacial score (nSPS) is 14.1. The summed E-state index contributed by atoms with van der Waals surface area (Å²) in [6, 6.07) is 15.2. The van der Waals surface area contributed by atoms with Gasteiger partial charge in [-0.2, -0.15) is 0 Å². The van der Waals surface area contributed by atoms with Crippen molar-refractivity contribution in [3.63, 3.8) is 0 Å². The Hall–Kier alpha value is -2.49. The van der Waals surface area contributed by atoms with Gasteiger partial charge in [0.15, 0.2) is 0 Å². The minimum Gasteiger partial charge on any atom is -0.478 e. The Labute approximate surface area is 117 Å². The van der Waals surface area contributed by atoms with Crippen LogP contribution in [0.1, 0.15) is 10.4 Å². The zero-order valence-electron chi connectivity index (χ0n) is 11.3. The van der Waals surface area contributed by atoms with E-state index in [2.05, 4.69) is 22.9 Å². The van der Waals surface area contributed by atoms with Crippen LogP contribution in [-0.2, 0) is 0 Å². The lowest BCUT2D eigenvalue weighted by molar-refractivity contribution is 0.0697. The second kappa shape index (κ2) is 4.89. The lowest BCUT2D eigenvalue weighted by Gasteiger charge is -2.37. The molecule has 0 saturated carbocycles.